The summed E-state index contributed by atoms with van der Waals surface area (Å²) in [6.45, 7) is 12.7. The third kappa shape index (κ3) is 7.08. The molecule has 0 unspecified atom stereocenters. The fourth-order valence-corrected chi connectivity index (χ4v) is 7.22. The number of carbonyl (C=O) groups excluding carboxylic acids is 1. The van der Waals surface area contributed by atoms with Crippen LogP contribution in [0.3, 0.4) is 0 Å². The van der Waals surface area contributed by atoms with Gasteiger partial charge < -0.3 is 20.1 Å². The highest BCUT2D eigenvalue weighted by atomic mass is 19.4. The van der Waals surface area contributed by atoms with E-state index in [9.17, 15) is 27.9 Å². The van der Waals surface area contributed by atoms with Gasteiger partial charge in [0.1, 0.15) is 11.8 Å². The van der Waals surface area contributed by atoms with Crippen molar-refractivity contribution >= 4 is 11.9 Å². The van der Waals surface area contributed by atoms with E-state index in [0.717, 1.165) is 16.7 Å². The van der Waals surface area contributed by atoms with E-state index in [2.05, 4.69) is 32.2 Å². The van der Waals surface area contributed by atoms with Gasteiger partial charge >= 0.3 is 12.1 Å². The van der Waals surface area contributed by atoms with Crippen molar-refractivity contribution in [1.29, 1.82) is 0 Å². The molecule has 1 saturated heterocycles. The van der Waals surface area contributed by atoms with E-state index < -0.39 is 53.4 Å². The number of methoxy groups -OCH3 is 1. The first-order chi connectivity index (χ1) is 20.4. The molecule has 2 fully saturated rings. The minimum absolute atomic E-state index is 0.0857. The molecule has 6 nitrogen and oxygen atoms in total. The fraction of sp³-hybridized carbons (Fsp3) is 0.600. The number of hydrogen-bond acceptors (Lipinski definition) is 4. The van der Waals surface area contributed by atoms with Crippen molar-refractivity contribution in [3.05, 3.63) is 65.2 Å². The smallest absolute Gasteiger partial charge is 0.391 e. The highest BCUT2D eigenvalue weighted by Crippen LogP contribution is 2.50. The standard InChI is InChI=1S/C35H47F3N2O4/c1-33(2,3)25-17-18-26(44-7)23(19-25)20-39-28-27(34(4,5)6)30(32(42)43)40(29(28)21-11-9-8-10-12-21)31(41)22-13-15-24(16-14-22)35(36,37)38/h8-12,17-19,22,24,27-30,39H,13-16,20H2,1-7H3,(H,42,43)/t22?,24?,27-,28-,29-,30-/m0/s1. The van der Waals surface area contributed by atoms with Gasteiger partial charge in [-0.05, 0) is 53.7 Å². The first-order valence-corrected chi connectivity index (χ1v) is 15.5. The van der Waals surface area contributed by atoms with Crippen LogP contribution in [0.1, 0.15) is 90.0 Å². The Balaban J connectivity index is 1.77. The highest BCUT2D eigenvalue weighted by Gasteiger charge is 2.58. The molecule has 9 heteroatoms. The monoisotopic (exact) mass is 616 g/mol. The summed E-state index contributed by atoms with van der Waals surface area (Å²) in [5.74, 6) is -3.38. The number of alkyl halides is 3. The SMILES string of the molecule is COc1ccc(C(C)(C)C)cc1CN[C@H]1[C@H](C(C)(C)C)[C@@H](C(=O)O)N(C(=O)C2CCC(C(F)(F)F)CC2)[C@H]1c1ccccc1. The van der Waals surface area contributed by atoms with Crippen LogP contribution in [-0.4, -0.2) is 47.3 Å². The Bertz CT molecular complexity index is 1310. The molecule has 0 radical (unpaired) electrons. The minimum atomic E-state index is -4.30. The van der Waals surface area contributed by atoms with Crippen molar-refractivity contribution < 1.29 is 32.6 Å². The van der Waals surface area contributed by atoms with Gasteiger partial charge in [-0.2, -0.15) is 13.2 Å². The number of halogens is 3. The number of hydrogen-bond donors (Lipinski definition) is 2. The lowest BCUT2D eigenvalue weighted by atomic mass is 9.72. The second-order valence-electron chi connectivity index (χ2n) is 14.5. The van der Waals surface area contributed by atoms with Gasteiger partial charge in [0, 0.05) is 30.0 Å². The van der Waals surface area contributed by atoms with E-state index >= 15 is 0 Å². The Morgan fingerprint density at radius 1 is 0.955 bits per heavy atom. The van der Waals surface area contributed by atoms with Crippen LogP contribution in [0.4, 0.5) is 13.2 Å². The molecule has 4 atom stereocenters. The zero-order valence-corrected chi connectivity index (χ0v) is 26.9. The molecule has 1 aliphatic carbocycles. The quantitative estimate of drug-likeness (QED) is 0.337. The van der Waals surface area contributed by atoms with Crippen LogP contribution in [-0.2, 0) is 21.5 Å². The minimum Gasteiger partial charge on any atom is -0.496 e. The number of rotatable bonds is 7. The fourth-order valence-electron chi connectivity index (χ4n) is 7.22. The maximum atomic E-state index is 14.3. The molecular formula is C35H47F3N2O4. The molecule has 44 heavy (non-hydrogen) atoms. The van der Waals surface area contributed by atoms with E-state index in [0.29, 0.717) is 12.3 Å². The van der Waals surface area contributed by atoms with Crippen LogP contribution in [0.2, 0.25) is 0 Å². The molecule has 0 spiro atoms. The summed E-state index contributed by atoms with van der Waals surface area (Å²) in [5, 5.41) is 14.4. The van der Waals surface area contributed by atoms with Crippen molar-refractivity contribution in [3.63, 3.8) is 0 Å². The van der Waals surface area contributed by atoms with E-state index in [1.165, 1.54) is 4.90 Å². The molecule has 0 bridgehead atoms. The first kappa shape index (κ1) is 33.8. The zero-order chi connectivity index (χ0) is 32.6. The van der Waals surface area contributed by atoms with Crippen LogP contribution in [0, 0.1) is 23.2 Å². The lowest BCUT2D eigenvalue weighted by Gasteiger charge is -2.37. The molecule has 0 aromatic heterocycles. The van der Waals surface area contributed by atoms with Crippen LogP contribution >= 0.6 is 0 Å². The second-order valence-corrected chi connectivity index (χ2v) is 14.5. The van der Waals surface area contributed by atoms with Crippen LogP contribution in [0.25, 0.3) is 0 Å². The Morgan fingerprint density at radius 2 is 1.57 bits per heavy atom. The van der Waals surface area contributed by atoms with Crippen molar-refractivity contribution in [3.8, 4) is 5.75 Å². The molecule has 1 heterocycles. The van der Waals surface area contributed by atoms with E-state index in [1.54, 1.807) is 7.11 Å². The molecule has 242 valence electrons. The molecule has 2 aromatic rings. The Morgan fingerprint density at radius 3 is 2.07 bits per heavy atom. The lowest BCUT2D eigenvalue weighted by molar-refractivity contribution is -0.185. The van der Waals surface area contributed by atoms with Crippen molar-refractivity contribution in [1.82, 2.24) is 10.2 Å². The van der Waals surface area contributed by atoms with Crippen LogP contribution < -0.4 is 10.1 Å². The molecule has 2 aromatic carbocycles. The summed E-state index contributed by atoms with van der Waals surface area (Å²) in [6.07, 6.45) is -4.38. The molecule has 2 N–H and O–H groups in total. The molecular weight excluding hydrogens is 569 g/mol. The van der Waals surface area contributed by atoms with Gasteiger partial charge in [0.25, 0.3) is 0 Å². The number of benzene rings is 2. The Labute approximate surface area is 259 Å². The van der Waals surface area contributed by atoms with Gasteiger partial charge in [-0.3, -0.25) is 4.79 Å². The predicted octanol–water partition coefficient (Wildman–Crippen LogP) is 7.52. The number of likely N-dealkylation sites (tertiary alicyclic amines) is 1. The number of carbonyl (C=O) groups is 2. The summed E-state index contributed by atoms with van der Waals surface area (Å²) in [5.41, 5.74) is 2.20. The van der Waals surface area contributed by atoms with Crippen LogP contribution in [0.15, 0.2) is 48.5 Å². The topological polar surface area (TPSA) is 78.9 Å². The van der Waals surface area contributed by atoms with E-state index in [-0.39, 0.29) is 37.0 Å². The van der Waals surface area contributed by atoms with Gasteiger partial charge in [-0.25, -0.2) is 4.79 Å². The zero-order valence-electron chi connectivity index (χ0n) is 26.9. The molecule has 1 aliphatic heterocycles. The van der Waals surface area contributed by atoms with Crippen molar-refractivity contribution in [2.24, 2.45) is 23.2 Å². The average molecular weight is 617 g/mol. The van der Waals surface area contributed by atoms with E-state index in [4.69, 9.17) is 4.74 Å². The summed E-state index contributed by atoms with van der Waals surface area (Å²) in [7, 11) is 1.62. The maximum absolute atomic E-state index is 14.3. The number of amides is 1. The number of nitrogens with one attached hydrogen (secondary N) is 1. The summed E-state index contributed by atoms with van der Waals surface area (Å²) >= 11 is 0. The number of nitrogens with zero attached hydrogens (tertiary/aromatic N) is 1. The summed E-state index contributed by atoms with van der Waals surface area (Å²) < 4.78 is 46.0. The number of aliphatic carboxylic acids is 1. The third-order valence-electron chi connectivity index (χ3n) is 9.53. The van der Waals surface area contributed by atoms with Crippen LogP contribution in [0.5, 0.6) is 5.75 Å². The van der Waals surface area contributed by atoms with Gasteiger partial charge in [-0.15, -0.1) is 0 Å². The normalized spacial score (nSPS) is 26.5. The summed E-state index contributed by atoms with van der Waals surface area (Å²) in [4.78, 5) is 28.9. The van der Waals surface area contributed by atoms with Gasteiger partial charge in [0.2, 0.25) is 5.91 Å². The molecule has 1 saturated carbocycles. The third-order valence-corrected chi connectivity index (χ3v) is 9.53. The largest absolute Gasteiger partial charge is 0.496 e. The first-order valence-electron chi connectivity index (χ1n) is 15.5. The van der Waals surface area contributed by atoms with E-state index in [1.807, 2.05) is 63.2 Å². The van der Waals surface area contributed by atoms with Gasteiger partial charge in [-0.1, -0.05) is 84.0 Å². The van der Waals surface area contributed by atoms with Gasteiger partial charge in [0.05, 0.1) is 19.1 Å². The Kier molecular flexibility index (Phi) is 9.79. The Hall–Kier alpha value is -3.07. The number of ether oxygens (including phenoxy) is 1. The molecule has 1 amide bonds. The molecule has 4 rings (SSSR count). The second kappa shape index (κ2) is 12.7. The highest BCUT2D eigenvalue weighted by molar-refractivity contribution is 5.87. The maximum Gasteiger partial charge on any atom is 0.391 e. The van der Waals surface area contributed by atoms with Crippen molar-refractivity contribution in [2.75, 3.05) is 7.11 Å². The lowest BCUT2D eigenvalue weighted by Crippen LogP contribution is -2.49. The summed E-state index contributed by atoms with van der Waals surface area (Å²) in [6, 6.07) is 13.2. The molecule has 2 aliphatic rings. The average Bonchev–Trinajstić information content (AvgIpc) is 3.31. The van der Waals surface area contributed by atoms with Gasteiger partial charge in [0.15, 0.2) is 0 Å². The van der Waals surface area contributed by atoms with Crippen molar-refractivity contribution in [2.45, 2.75) is 103 Å². The predicted molar refractivity (Wildman–Crippen MR) is 164 cm³/mol. The number of carboxylic acid groups (broad SMARTS) is 1. The number of carboxylic acids is 1.